The molecule has 3 rings (SSSR count). The predicted molar refractivity (Wildman–Crippen MR) is 106 cm³/mol. The Kier molecular flexibility index (Phi) is 6.58. The van der Waals surface area contributed by atoms with Crippen molar-refractivity contribution < 1.29 is 19.2 Å². The zero-order chi connectivity index (χ0) is 19.2. The monoisotopic (exact) mass is 389 g/mol. The van der Waals surface area contributed by atoms with Gasteiger partial charge in [-0.3, -0.25) is 4.79 Å². The maximum absolute atomic E-state index is 12.5. The summed E-state index contributed by atoms with van der Waals surface area (Å²) in [5.41, 5.74) is 2.06. The molecule has 0 spiro atoms. The number of hydrogen-bond acceptors (Lipinski definition) is 3. The van der Waals surface area contributed by atoms with E-state index in [4.69, 9.17) is 21.1 Å². The molecule has 27 heavy (non-hydrogen) atoms. The van der Waals surface area contributed by atoms with Crippen molar-refractivity contribution in [1.82, 2.24) is 5.32 Å². The van der Waals surface area contributed by atoms with Gasteiger partial charge in [0.25, 0.3) is 5.91 Å². The molecule has 5 nitrogen and oxygen atoms in total. The summed E-state index contributed by atoms with van der Waals surface area (Å²) >= 11 is 6.16. The molecule has 6 heteroatoms. The van der Waals surface area contributed by atoms with Crippen LogP contribution in [0.15, 0.2) is 42.5 Å². The van der Waals surface area contributed by atoms with Crippen molar-refractivity contribution in [3.05, 3.63) is 58.6 Å². The highest BCUT2D eigenvalue weighted by Gasteiger charge is 2.33. The number of carbonyl (C=O) groups is 1. The lowest BCUT2D eigenvalue weighted by atomic mass is 10.0. The summed E-state index contributed by atoms with van der Waals surface area (Å²) in [5.74, 6) is 1.62. The molecule has 1 aliphatic heterocycles. The number of nitrogens with one attached hydrogen (secondary N) is 2. The highest BCUT2D eigenvalue weighted by atomic mass is 35.5. The van der Waals surface area contributed by atoms with Crippen LogP contribution in [0, 0.1) is 0 Å². The third-order valence-corrected chi connectivity index (χ3v) is 5.49. The Labute approximate surface area is 165 Å². The fraction of sp³-hybridized carbons (Fsp3) is 0.381. The van der Waals surface area contributed by atoms with Crippen LogP contribution in [0.5, 0.6) is 11.5 Å². The standard InChI is InChI=1S/C21H25ClN2O3/c1-26-16-9-10-17(20(12-16)27-2)19-8-5-11-24(19)14-21(25)23-13-15-6-3-4-7-18(15)22/h3-4,6-7,9-10,12,19H,5,8,11,13-14H2,1-2H3,(H,23,25)/p+1/t19-/m0/s1. The number of benzene rings is 2. The second-order valence-electron chi connectivity index (χ2n) is 6.76. The molecule has 1 heterocycles. The minimum atomic E-state index is 0.0318. The molecule has 0 aliphatic carbocycles. The van der Waals surface area contributed by atoms with Gasteiger partial charge >= 0.3 is 0 Å². The Morgan fingerprint density at radius 1 is 1.22 bits per heavy atom. The maximum Gasteiger partial charge on any atom is 0.275 e. The van der Waals surface area contributed by atoms with Gasteiger partial charge in [-0.2, -0.15) is 0 Å². The molecule has 1 aliphatic rings. The highest BCUT2D eigenvalue weighted by molar-refractivity contribution is 6.31. The maximum atomic E-state index is 12.5. The van der Waals surface area contributed by atoms with Crippen molar-refractivity contribution in [2.45, 2.75) is 25.4 Å². The summed E-state index contributed by atoms with van der Waals surface area (Å²) in [4.78, 5) is 13.7. The molecule has 2 aromatic rings. The van der Waals surface area contributed by atoms with E-state index in [1.807, 2.05) is 36.4 Å². The molecule has 0 radical (unpaired) electrons. The van der Waals surface area contributed by atoms with Gasteiger partial charge < -0.3 is 19.7 Å². The van der Waals surface area contributed by atoms with Gasteiger partial charge in [-0.15, -0.1) is 0 Å². The Morgan fingerprint density at radius 3 is 2.78 bits per heavy atom. The number of amides is 1. The van der Waals surface area contributed by atoms with Crippen LogP contribution in [-0.4, -0.2) is 33.2 Å². The van der Waals surface area contributed by atoms with Gasteiger partial charge in [0, 0.05) is 30.5 Å². The first-order chi connectivity index (χ1) is 13.1. The van der Waals surface area contributed by atoms with Gasteiger partial charge in [-0.1, -0.05) is 29.8 Å². The number of methoxy groups -OCH3 is 2. The minimum Gasteiger partial charge on any atom is -0.497 e. The molecule has 0 bridgehead atoms. The van der Waals surface area contributed by atoms with Gasteiger partial charge in [-0.25, -0.2) is 0 Å². The van der Waals surface area contributed by atoms with Gasteiger partial charge in [-0.05, 0) is 23.8 Å². The van der Waals surface area contributed by atoms with E-state index in [-0.39, 0.29) is 11.9 Å². The SMILES string of the molecule is COc1ccc([C@@H]2CCC[NH+]2CC(=O)NCc2ccccc2Cl)c(OC)c1. The molecule has 2 atom stereocenters. The summed E-state index contributed by atoms with van der Waals surface area (Å²) in [7, 11) is 3.31. The van der Waals surface area contributed by atoms with E-state index < -0.39 is 0 Å². The number of likely N-dealkylation sites (tertiary alicyclic amines) is 1. The molecule has 0 saturated carbocycles. The Morgan fingerprint density at radius 2 is 2.04 bits per heavy atom. The van der Waals surface area contributed by atoms with Gasteiger partial charge in [0.15, 0.2) is 6.54 Å². The first kappa shape index (κ1) is 19.5. The number of halogens is 1. The summed E-state index contributed by atoms with van der Waals surface area (Å²) < 4.78 is 10.9. The molecule has 1 fully saturated rings. The second kappa shape index (κ2) is 9.11. The van der Waals surface area contributed by atoms with Crippen molar-refractivity contribution in [3.8, 4) is 11.5 Å². The lowest BCUT2D eigenvalue weighted by Crippen LogP contribution is -3.11. The second-order valence-corrected chi connectivity index (χ2v) is 7.16. The van der Waals surface area contributed by atoms with Crippen molar-refractivity contribution in [1.29, 1.82) is 0 Å². The molecule has 1 unspecified atom stereocenters. The van der Waals surface area contributed by atoms with E-state index in [1.54, 1.807) is 14.2 Å². The summed E-state index contributed by atoms with van der Waals surface area (Å²) in [6, 6.07) is 13.7. The van der Waals surface area contributed by atoms with E-state index in [1.165, 1.54) is 4.90 Å². The lowest BCUT2D eigenvalue weighted by molar-refractivity contribution is -0.910. The Hall–Kier alpha value is -2.24. The van der Waals surface area contributed by atoms with Crippen LogP contribution in [-0.2, 0) is 11.3 Å². The van der Waals surface area contributed by atoms with Crippen LogP contribution in [0.4, 0.5) is 0 Å². The number of rotatable bonds is 7. The van der Waals surface area contributed by atoms with Gasteiger partial charge in [0.05, 0.1) is 26.3 Å². The topological polar surface area (TPSA) is 52.0 Å². The normalized spacial score (nSPS) is 18.9. The third-order valence-electron chi connectivity index (χ3n) is 5.12. The Balaban J connectivity index is 1.64. The molecule has 1 saturated heterocycles. The number of carbonyl (C=O) groups excluding carboxylic acids is 1. The largest absolute Gasteiger partial charge is 0.497 e. The third kappa shape index (κ3) is 4.73. The van der Waals surface area contributed by atoms with Crippen LogP contribution in [0.1, 0.15) is 30.0 Å². The molecule has 2 aromatic carbocycles. The van der Waals surface area contributed by atoms with Gasteiger partial charge in [0.1, 0.15) is 17.5 Å². The van der Waals surface area contributed by atoms with E-state index in [0.29, 0.717) is 18.1 Å². The van der Waals surface area contributed by atoms with Crippen LogP contribution in [0.2, 0.25) is 5.02 Å². The fourth-order valence-electron chi connectivity index (χ4n) is 3.71. The first-order valence-corrected chi connectivity index (χ1v) is 9.56. The number of ether oxygens (including phenoxy) is 2. The first-order valence-electron chi connectivity index (χ1n) is 9.19. The van der Waals surface area contributed by atoms with Crippen molar-refractivity contribution in [3.63, 3.8) is 0 Å². The fourth-order valence-corrected chi connectivity index (χ4v) is 3.91. The van der Waals surface area contributed by atoms with E-state index in [2.05, 4.69) is 11.4 Å². The van der Waals surface area contributed by atoms with E-state index in [0.717, 1.165) is 42.0 Å². The zero-order valence-corrected chi connectivity index (χ0v) is 16.5. The summed E-state index contributed by atoms with van der Waals surface area (Å²) in [6.45, 7) is 1.85. The molecule has 144 valence electrons. The van der Waals surface area contributed by atoms with Crippen LogP contribution in [0.25, 0.3) is 0 Å². The zero-order valence-electron chi connectivity index (χ0n) is 15.8. The van der Waals surface area contributed by atoms with Crippen molar-refractivity contribution >= 4 is 17.5 Å². The van der Waals surface area contributed by atoms with Crippen molar-refractivity contribution in [2.24, 2.45) is 0 Å². The molecule has 0 aromatic heterocycles. The summed E-state index contributed by atoms with van der Waals surface area (Å²) in [5, 5.41) is 3.66. The molecular weight excluding hydrogens is 364 g/mol. The predicted octanol–water partition coefficient (Wildman–Crippen LogP) is 2.39. The van der Waals surface area contributed by atoms with Crippen LogP contribution >= 0.6 is 11.6 Å². The lowest BCUT2D eigenvalue weighted by Gasteiger charge is -2.23. The van der Waals surface area contributed by atoms with Crippen LogP contribution < -0.4 is 19.7 Å². The highest BCUT2D eigenvalue weighted by Crippen LogP contribution is 2.31. The number of hydrogen-bond donors (Lipinski definition) is 2. The smallest absolute Gasteiger partial charge is 0.275 e. The molecular formula is C21H26ClN2O3+. The average Bonchev–Trinajstić information content (AvgIpc) is 3.14. The minimum absolute atomic E-state index is 0.0318. The summed E-state index contributed by atoms with van der Waals surface area (Å²) in [6.07, 6.45) is 2.13. The molecule has 1 amide bonds. The van der Waals surface area contributed by atoms with E-state index in [9.17, 15) is 4.79 Å². The van der Waals surface area contributed by atoms with Crippen molar-refractivity contribution in [2.75, 3.05) is 27.3 Å². The Bertz CT molecular complexity index is 797. The quantitative estimate of drug-likeness (QED) is 0.764. The van der Waals surface area contributed by atoms with Crippen LogP contribution in [0.3, 0.4) is 0 Å². The number of quaternary nitrogens is 1. The molecule has 2 N–H and O–H groups in total. The van der Waals surface area contributed by atoms with E-state index >= 15 is 0 Å². The average molecular weight is 390 g/mol. The van der Waals surface area contributed by atoms with Gasteiger partial charge in [0.2, 0.25) is 0 Å².